The number of fused-ring (bicyclic) bond motifs is 1. The van der Waals surface area contributed by atoms with E-state index < -0.39 is 15.6 Å². The van der Waals surface area contributed by atoms with Gasteiger partial charge in [0.05, 0.1) is 0 Å². The number of halogens is 3. The molecular weight excluding hydrogens is 415 g/mol. The quantitative estimate of drug-likeness (QED) is 0.534. The summed E-state index contributed by atoms with van der Waals surface area (Å²) in [6, 6.07) is 3.58. The zero-order valence-corrected chi connectivity index (χ0v) is 17.7. The van der Waals surface area contributed by atoms with Crippen molar-refractivity contribution in [1.29, 1.82) is 0 Å². The van der Waals surface area contributed by atoms with Crippen LogP contribution in [0.25, 0.3) is 0 Å². The van der Waals surface area contributed by atoms with E-state index in [1.165, 1.54) is 24.8 Å². The zero-order chi connectivity index (χ0) is 21.1. The number of piperidine rings is 1. The molecule has 1 saturated heterocycles. The molecule has 0 radical (unpaired) electrons. The summed E-state index contributed by atoms with van der Waals surface area (Å²) in [5, 5.41) is 3.69. The van der Waals surface area contributed by atoms with Gasteiger partial charge in [0.2, 0.25) is 0 Å². The lowest BCUT2D eigenvalue weighted by Crippen LogP contribution is -2.59. The van der Waals surface area contributed by atoms with Crippen LogP contribution in [-0.2, 0) is 28.4 Å². The number of alkyl halides is 3. The van der Waals surface area contributed by atoms with Crippen LogP contribution in [0.1, 0.15) is 68.1 Å². The van der Waals surface area contributed by atoms with E-state index in [1.807, 2.05) is 0 Å². The third-order valence-corrected chi connectivity index (χ3v) is 8.82. The Hall–Kier alpha value is -1.28. The first-order chi connectivity index (χ1) is 14.2. The molecule has 3 fully saturated rings. The van der Waals surface area contributed by atoms with E-state index in [0.29, 0.717) is 17.9 Å². The molecular formula is C22H28F3NO3S. The molecule has 3 atom stereocenters. The summed E-state index contributed by atoms with van der Waals surface area (Å²) in [4.78, 5) is 0. The highest BCUT2D eigenvalue weighted by molar-refractivity contribution is 7.88. The molecule has 3 unspecified atom stereocenters. The van der Waals surface area contributed by atoms with Gasteiger partial charge in [0.1, 0.15) is 5.75 Å². The Kier molecular flexibility index (Phi) is 4.89. The van der Waals surface area contributed by atoms with Crippen LogP contribution in [-0.4, -0.2) is 26.5 Å². The highest BCUT2D eigenvalue weighted by atomic mass is 32.2. The molecule has 1 N–H and O–H groups in total. The summed E-state index contributed by atoms with van der Waals surface area (Å²) >= 11 is 0. The van der Waals surface area contributed by atoms with Gasteiger partial charge in [-0.2, -0.15) is 21.6 Å². The van der Waals surface area contributed by atoms with Gasteiger partial charge in [-0.25, -0.2) is 0 Å². The Labute approximate surface area is 175 Å². The second-order valence-electron chi connectivity index (χ2n) is 9.60. The fourth-order valence-electron chi connectivity index (χ4n) is 6.29. The molecule has 1 heterocycles. The predicted molar refractivity (Wildman–Crippen MR) is 107 cm³/mol. The van der Waals surface area contributed by atoms with Crippen molar-refractivity contribution in [2.75, 3.05) is 6.54 Å². The van der Waals surface area contributed by atoms with Gasteiger partial charge in [-0.3, -0.25) is 0 Å². The van der Waals surface area contributed by atoms with Gasteiger partial charge in [-0.05, 0) is 85.7 Å². The van der Waals surface area contributed by atoms with E-state index in [0.717, 1.165) is 62.6 Å². The van der Waals surface area contributed by atoms with Crippen molar-refractivity contribution in [2.45, 2.75) is 81.2 Å². The lowest BCUT2D eigenvalue weighted by atomic mass is 9.52. The molecule has 3 aliphatic carbocycles. The minimum atomic E-state index is -5.68. The molecule has 5 rings (SSSR count). The van der Waals surface area contributed by atoms with Crippen LogP contribution in [0.5, 0.6) is 5.75 Å². The SMILES string of the molecule is O=S(=O)(Oc1cc(CCC2CC2)c2c(c1)C13CCCCC1C(C2)NCC3)C(F)(F)F. The van der Waals surface area contributed by atoms with E-state index in [9.17, 15) is 21.6 Å². The van der Waals surface area contributed by atoms with Crippen molar-refractivity contribution in [2.24, 2.45) is 11.8 Å². The van der Waals surface area contributed by atoms with E-state index in [2.05, 4.69) is 9.50 Å². The van der Waals surface area contributed by atoms with Crippen molar-refractivity contribution in [3.63, 3.8) is 0 Å². The van der Waals surface area contributed by atoms with E-state index in [4.69, 9.17) is 0 Å². The fourth-order valence-corrected chi connectivity index (χ4v) is 6.73. The van der Waals surface area contributed by atoms with Crippen molar-refractivity contribution in [3.05, 3.63) is 28.8 Å². The van der Waals surface area contributed by atoms with Gasteiger partial charge in [0.15, 0.2) is 0 Å². The van der Waals surface area contributed by atoms with Gasteiger partial charge in [0, 0.05) is 11.5 Å². The van der Waals surface area contributed by atoms with Crippen LogP contribution < -0.4 is 9.50 Å². The Balaban J connectivity index is 1.60. The van der Waals surface area contributed by atoms with Crippen molar-refractivity contribution < 1.29 is 25.8 Å². The van der Waals surface area contributed by atoms with Crippen molar-refractivity contribution in [3.8, 4) is 5.75 Å². The lowest BCUT2D eigenvalue weighted by molar-refractivity contribution is -0.0500. The number of hydrogen-bond acceptors (Lipinski definition) is 4. The van der Waals surface area contributed by atoms with Gasteiger partial charge < -0.3 is 9.50 Å². The monoisotopic (exact) mass is 443 g/mol. The highest BCUT2D eigenvalue weighted by Crippen LogP contribution is 2.55. The standard InChI is InChI=1S/C22H28F3NO3S/c23-22(24,25)30(27,28)29-16-11-15(7-6-14-4-5-14)17-13-20-18-3-1-2-8-21(18,9-10-26-20)19(17)12-16/h11-12,14,18,20,26H,1-10,13H2. The summed E-state index contributed by atoms with van der Waals surface area (Å²) in [6.45, 7) is 0.893. The molecule has 4 nitrogen and oxygen atoms in total. The van der Waals surface area contributed by atoms with E-state index >= 15 is 0 Å². The van der Waals surface area contributed by atoms with Crippen LogP contribution in [0.4, 0.5) is 13.2 Å². The summed E-state index contributed by atoms with van der Waals surface area (Å²) in [7, 11) is -5.68. The minimum Gasteiger partial charge on any atom is -0.376 e. The molecule has 0 aromatic heterocycles. The first-order valence-corrected chi connectivity index (χ1v) is 12.5. The normalized spacial score (nSPS) is 31.0. The first-order valence-electron chi connectivity index (χ1n) is 11.1. The van der Waals surface area contributed by atoms with Gasteiger partial charge in [-0.15, -0.1) is 0 Å². The van der Waals surface area contributed by atoms with Crippen LogP contribution in [0.15, 0.2) is 12.1 Å². The molecule has 30 heavy (non-hydrogen) atoms. The second kappa shape index (κ2) is 7.12. The molecule has 1 aromatic rings. The smallest absolute Gasteiger partial charge is 0.376 e. The maximum atomic E-state index is 13.0. The number of benzene rings is 1. The van der Waals surface area contributed by atoms with Crippen molar-refractivity contribution in [1.82, 2.24) is 5.32 Å². The number of rotatable bonds is 5. The molecule has 1 aromatic carbocycles. The predicted octanol–water partition coefficient (Wildman–Crippen LogP) is 4.60. The first kappa shape index (κ1) is 20.6. The number of hydrogen-bond donors (Lipinski definition) is 1. The van der Waals surface area contributed by atoms with E-state index in [-0.39, 0.29) is 11.2 Å². The third-order valence-electron chi connectivity index (χ3n) is 7.85. The number of nitrogens with one attached hydrogen (secondary N) is 1. The molecule has 4 aliphatic rings. The van der Waals surface area contributed by atoms with Crippen LogP contribution >= 0.6 is 0 Å². The van der Waals surface area contributed by atoms with Gasteiger partial charge in [-0.1, -0.05) is 25.7 Å². The van der Waals surface area contributed by atoms with Crippen molar-refractivity contribution >= 4 is 10.1 Å². The van der Waals surface area contributed by atoms with Crippen LogP contribution in [0, 0.1) is 11.8 Å². The molecule has 8 heteroatoms. The number of aryl methyl sites for hydroxylation is 1. The van der Waals surface area contributed by atoms with Crippen LogP contribution in [0.2, 0.25) is 0 Å². The van der Waals surface area contributed by atoms with Gasteiger partial charge in [0.25, 0.3) is 0 Å². The van der Waals surface area contributed by atoms with Gasteiger partial charge >= 0.3 is 15.6 Å². The summed E-state index contributed by atoms with van der Waals surface area (Å²) < 4.78 is 67.0. The maximum absolute atomic E-state index is 13.0. The third kappa shape index (κ3) is 3.44. The Morgan fingerprint density at radius 1 is 1.13 bits per heavy atom. The molecule has 166 valence electrons. The Morgan fingerprint density at radius 2 is 1.93 bits per heavy atom. The summed E-state index contributed by atoms with van der Waals surface area (Å²) in [6.07, 6.45) is 10.4. The second-order valence-corrected chi connectivity index (χ2v) is 11.1. The topological polar surface area (TPSA) is 55.4 Å². The van der Waals surface area contributed by atoms with Crippen LogP contribution in [0.3, 0.4) is 0 Å². The average Bonchev–Trinajstić information content (AvgIpc) is 3.50. The zero-order valence-electron chi connectivity index (χ0n) is 16.9. The summed E-state index contributed by atoms with van der Waals surface area (Å²) in [5.74, 6) is 0.969. The van der Waals surface area contributed by atoms with E-state index in [1.54, 1.807) is 12.1 Å². The summed E-state index contributed by atoms with van der Waals surface area (Å²) in [5.41, 5.74) is -2.24. The molecule has 2 bridgehead atoms. The Morgan fingerprint density at radius 3 is 2.67 bits per heavy atom. The fraction of sp³-hybridized carbons (Fsp3) is 0.727. The maximum Gasteiger partial charge on any atom is 0.534 e. The highest BCUT2D eigenvalue weighted by Gasteiger charge is 2.53. The molecule has 2 saturated carbocycles. The molecule has 0 amide bonds. The molecule has 1 aliphatic heterocycles. The molecule has 0 spiro atoms. The average molecular weight is 444 g/mol. The Bertz CT molecular complexity index is 938. The minimum absolute atomic E-state index is 0.0720. The largest absolute Gasteiger partial charge is 0.534 e. The lowest BCUT2D eigenvalue weighted by Gasteiger charge is -2.56.